The summed E-state index contributed by atoms with van der Waals surface area (Å²) in [5.74, 6) is 2.21. The van der Waals surface area contributed by atoms with E-state index in [0.717, 1.165) is 49.3 Å². The molecule has 2 aromatic rings. The van der Waals surface area contributed by atoms with Gasteiger partial charge in [-0.3, -0.25) is 9.36 Å². The van der Waals surface area contributed by atoms with Crippen molar-refractivity contribution in [3.8, 4) is 5.69 Å². The number of benzene rings is 1. The maximum absolute atomic E-state index is 13.3. The predicted octanol–water partition coefficient (Wildman–Crippen LogP) is 3.94. The molecular weight excluding hydrogens is 434 g/mol. The molecule has 3 heterocycles. The highest BCUT2D eigenvalue weighted by Crippen LogP contribution is 2.36. The second-order valence-corrected chi connectivity index (χ2v) is 10.3. The minimum absolute atomic E-state index is 0.251. The Bertz CT molecular complexity index is 956. The van der Waals surface area contributed by atoms with E-state index in [-0.39, 0.29) is 5.91 Å². The van der Waals surface area contributed by atoms with E-state index in [1.54, 1.807) is 0 Å². The summed E-state index contributed by atoms with van der Waals surface area (Å²) < 4.78 is 7.67. The Labute approximate surface area is 200 Å². The topological polar surface area (TPSA) is 63.5 Å². The van der Waals surface area contributed by atoms with Crippen LogP contribution in [0.2, 0.25) is 0 Å². The van der Waals surface area contributed by atoms with Crippen molar-refractivity contribution in [3.63, 3.8) is 0 Å². The van der Waals surface area contributed by atoms with Gasteiger partial charge >= 0.3 is 0 Å². The van der Waals surface area contributed by atoms with E-state index >= 15 is 0 Å². The van der Waals surface area contributed by atoms with Gasteiger partial charge in [0.15, 0.2) is 5.16 Å². The lowest BCUT2D eigenvalue weighted by Crippen LogP contribution is -2.50. The van der Waals surface area contributed by atoms with Crippen LogP contribution in [0.15, 0.2) is 29.4 Å². The van der Waals surface area contributed by atoms with Crippen LogP contribution in [0.1, 0.15) is 51.0 Å². The maximum atomic E-state index is 13.3. The lowest BCUT2D eigenvalue weighted by Gasteiger charge is -2.44. The molecule has 0 unspecified atom stereocenters. The fourth-order valence-electron chi connectivity index (χ4n) is 5.61. The SMILES string of the molecule is CCc1cccc(-n2c(SCC(=O)N3CCC[C@@H]4CCCC[C@@H]43)nnc2N2CCOCC2)c1. The number of rotatable bonds is 6. The van der Waals surface area contributed by atoms with Crippen LogP contribution in [0.25, 0.3) is 5.69 Å². The standard InChI is InChI=1S/C25H35N5O2S/c1-2-19-7-5-10-21(17-19)30-24(28-13-15-32-16-14-28)26-27-25(30)33-18-23(31)29-12-6-9-20-8-3-4-11-22(20)29/h5,7,10,17,20,22H,2-4,6,8-9,11-16,18H2,1H3/t20-,22-/m0/s1. The summed E-state index contributed by atoms with van der Waals surface area (Å²) in [6, 6.07) is 9.00. The van der Waals surface area contributed by atoms with Gasteiger partial charge in [-0.1, -0.05) is 43.7 Å². The summed E-state index contributed by atoms with van der Waals surface area (Å²) in [6.07, 6.45) is 8.42. The van der Waals surface area contributed by atoms with Crippen LogP contribution >= 0.6 is 11.8 Å². The van der Waals surface area contributed by atoms with E-state index < -0.39 is 0 Å². The average molecular weight is 470 g/mol. The van der Waals surface area contributed by atoms with Crippen LogP contribution in [0.5, 0.6) is 0 Å². The zero-order valence-electron chi connectivity index (χ0n) is 19.6. The Hall–Kier alpha value is -2.06. The Morgan fingerprint density at radius 1 is 1.09 bits per heavy atom. The number of hydrogen-bond donors (Lipinski definition) is 0. The van der Waals surface area contributed by atoms with Gasteiger partial charge in [0.2, 0.25) is 11.9 Å². The number of carbonyl (C=O) groups excluding carboxylic acids is 1. The third kappa shape index (κ3) is 4.92. The Morgan fingerprint density at radius 2 is 1.91 bits per heavy atom. The zero-order valence-corrected chi connectivity index (χ0v) is 20.4. The number of aryl methyl sites for hydroxylation is 1. The van der Waals surface area contributed by atoms with Gasteiger partial charge in [-0.25, -0.2) is 0 Å². The summed E-state index contributed by atoms with van der Waals surface area (Å²) >= 11 is 1.52. The second kappa shape index (κ2) is 10.5. The summed E-state index contributed by atoms with van der Waals surface area (Å²) in [6.45, 7) is 6.06. The lowest BCUT2D eigenvalue weighted by atomic mass is 9.78. The number of thioether (sulfide) groups is 1. The fourth-order valence-corrected chi connectivity index (χ4v) is 6.44. The Balaban J connectivity index is 1.37. The van der Waals surface area contributed by atoms with Crippen molar-refractivity contribution in [1.82, 2.24) is 19.7 Å². The van der Waals surface area contributed by atoms with E-state index in [9.17, 15) is 4.79 Å². The molecule has 1 saturated carbocycles. The number of anilines is 1. The van der Waals surface area contributed by atoms with Crippen LogP contribution in [0.3, 0.4) is 0 Å². The number of fused-ring (bicyclic) bond motifs is 1. The molecule has 33 heavy (non-hydrogen) atoms. The molecule has 0 N–H and O–H groups in total. The Morgan fingerprint density at radius 3 is 2.76 bits per heavy atom. The van der Waals surface area contributed by atoms with Crippen molar-refractivity contribution >= 4 is 23.6 Å². The van der Waals surface area contributed by atoms with E-state index in [4.69, 9.17) is 4.74 Å². The van der Waals surface area contributed by atoms with Gasteiger partial charge in [-0.2, -0.15) is 0 Å². The number of carbonyl (C=O) groups is 1. The van der Waals surface area contributed by atoms with Gasteiger partial charge in [0.05, 0.1) is 24.7 Å². The van der Waals surface area contributed by atoms with Gasteiger partial charge in [-0.15, -0.1) is 10.2 Å². The molecule has 0 radical (unpaired) electrons. The molecule has 3 fully saturated rings. The number of piperidine rings is 1. The highest BCUT2D eigenvalue weighted by atomic mass is 32.2. The molecule has 2 saturated heterocycles. The van der Waals surface area contributed by atoms with Gasteiger partial charge in [0, 0.05) is 25.7 Å². The van der Waals surface area contributed by atoms with Crippen LogP contribution < -0.4 is 4.90 Å². The summed E-state index contributed by atoms with van der Waals surface area (Å²) in [4.78, 5) is 17.7. The summed E-state index contributed by atoms with van der Waals surface area (Å²) in [5, 5.41) is 9.90. The van der Waals surface area contributed by atoms with E-state index in [1.165, 1.54) is 49.4 Å². The Kier molecular flexibility index (Phi) is 7.21. The summed E-state index contributed by atoms with van der Waals surface area (Å²) in [7, 11) is 0. The van der Waals surface area contributed by atoms with Crippen molar-refractivity contribution in [3.05, 3.63) is 29.8 Å². The number of amides is 1. The van der Waals surface area contributed by atoms with Crippen molar-refractivity contribution in [1.29, 1.82) is 0 Å². The molecule has 178 valence electrons. The minimum Gasteiger partial charge on any atom is -0.378 e. The van der Waals surface area contributed by atoms with E-state index in [0.29, 0.717) is 30.9 Å². The molecule has 1 aromatic heterocycles. The predicted molar refractivity (Wildman–Crippen MR) is 131 cm³/mol. The van der Waals surface area contributed by atoms with Gasteiger partial charge in [-0.05, 0) is 55.7 Å². The highest BCUT2D eigenvalue weighted by Gasteiger charge is 2.35. The van der Waals surface area contributed by atoms with Crippen LogP contribution in [-0.2, 0) is 16.0 Å². The first-order valence-corrected chi connectivity index (χ1v) is 13.5. The molecule has 1 aliphatic carbocycles. The third-order valence-corrected chi connectivity index (χ3v) is 8.29. The lowest BCUT2D eigenvalue weighted by molar-refractivity contribution is -0.134. The number of morpholine rings is 1. The van der Waals surface area contributed by atoms with E-state index in [1.807, 2.05) is 0 Å². The number of nitrogens with zero attached hydrogens (tertiary/aromatic N) is 5. The number of hydrogen-bond acceptors (Lipinski definition) is 6. The molecule has 3 aliphatic rings. The smallest absolute Gasteiger partial charge is 0.233 e. The average Bonchev–Trinajstić information content (AvgIpc) is 3.31. The van der Waals surface area contributed by atoms with Crippen molar-refractivity contribution in [2.24, 2.45) is 5.92 Å². The van der Waals surface area contributed by atoms with Crippen LogP contribution in [-0.4, -0.2) is 70.2 Å². The molecule has 7 nitrogen and oxygen atoms in total. The summed E-state index contributed by atoms with van der Waals surface area (Å²) in [5.41, 5.74) is 2.33. The van der Waals surface area contributed by atoms with Gasteiger partial charge < -0.3 is 14.5 Å². The number of likely N-dealkylation sites (tertiary alicyclic amines) is 1. The first-order chi connectivity index (χ1) is 16.2. The number of ether oxygens (including phenoxy) is 1. The van der Waals surface area contributed by atoms with Gasteiger partial charge in [0.1, 0.15) is 0 Å². The highest BCUT2D eigenvalue weighted by molar-refractivity contribution is 7.99. The molecule has 2 atom stereocenters. The van der Waals surface area contributed by atoms with Crippen LogP contribution in [0, 0.1) is 5.92 Å². The molecular formula is C25H35N5O2S. The molecule has 0 bridgehead atoms. The minimum atomic E-state index is 0.251. The van der Waals surface area contributed by atoms with Crippen molar-refractivity contribution in [2.45, 2.75) is 63.1 Å². The monoisotopic (exact) mass is 469 g/mol. The van der Waals surface area contributed by atoms with Gasteiger partial charge in [0.25, 0.3) is 0 Å². The quantitative estimate of drug-likeness (QED) is 0.597. The fraction of sp³-hybridized carbons (Fsp3) is 0.640. The zero-order chi connectivity index (χ0) is 22.6. The molecule has 5 rings (SSSR count). The molecule has 1 aromatic carbocycles. The third-order valence-electron chi connectivity index (χ3n) is 7.38. The molecule has 2 aliphatic heterocycles. The number of aromatic nitrogens is 3. The maximum Gasteiger partial charge on any atom is 0.233 e. The first-order valence-electron chi connectivity index (χ1n) is 12.5. The van der Waals surface area contributed by atoms with Crippen molar-refractivity contribution < 1.29 is 9.53 Å². The van der Waals surface area contributed by atoms with Crippen molar-refractivity contribution in [2.75, 3.05) is 43.5 Å². The normalized spacial score (nSPS) is 23.4. The first kappa shape index (κ1) is 22.7. The van der Waals surface area contributed by atoms with Crippen LogP contribution in [0.4, 0.5) is 5.95 Å². The molecule has 8 heteroatoms. The largest absolute Gasteiger partial charge is 0.378 e. The second-order valence-electron chi connectivity index (χ2n) is 9.37. The molecule has 0 spiro atoms. The van der Waals surface area contributed by atoms with E-state index in [2.05, 4.69) is 55.8 Å². The molecule has 1 amide bonds.